The van der Waals surface area contributed by atoms with E-state index in [4.69, 9.17) is 0 Å². The molecule has 0 fully saturated rings. The molecule has 0 saturated heterocycles. The summed E-state index contributed by atoms with van der Waals surface area (Å²) in [7, 11) is -3.85. The molecule has 7 nitrogen and oxygen atoms in total. The molecule has 2 amide bonds. The summed E-state index contributed by atoms with van der Waals surface area (Å²) in [5, 5.41) is 2.78. The number of hydrogen-bond donors (Lipinski definition) is 1. The van der Waals surface area contributed by atoms with Crippen LogP contribution in [0.3, 0.4) is 0 Å². The van der Waals surface area contributed by atoms with Gasteiger partial charge in [-0.3, -0.25) is 13.9 Å². The van der Waals surface area contributed by atoms with Crippen molar-refractivity contribution in [3.8, 4) is 0 Å². The first-order chi connectivity index (χ1) is 14.9. The summed E-state index contributed by atoms with van der Waals surface area (Å²) in [5.41, 5.74) is 0.934. The fourth-order valence-corrected chi connectivity index (χ4v) is 4.11. The van der Waals surface area contributed by atoms with E-state index < -0.39 is 34.3 Å². The third-order valence-corrected chi connectivity index (χ3v) is 6.33. The molecule has 0 aliphatic rings. The molecule has 0 heterocycles. The van der Waals surface area contributed by atoms with Crippen LogP contribution < -0.4 is 9.62 Å². The van der Waals surface area contributed by atoms with Gasteiger partial charge >= 0.3 is 0 Å². The van der Waals surface area contributed by atoms with E-state index in [1.54, 1.807) is 6.92 Å². The highest BCUT2D eigenvalue weighted by molar-refractivity contribution is 9.10. The molecule has 0 saturated carbocycles. The number of anilines is 1. The van der Waals surface area contributed by atoms with Crippen molar-refractivity contribution in [1.29, 1.82) is 0 Å². The predicted octanol–water partition coefficient (Wildman–Crippen LogP) is 3.30. The Morgan fingerprint density at radius 2 is 1.59 bits per heavy atom. The summed E-state index contributed by atoms with van der Waals surface area (Å²) in [5.74, 6) is -1.43. The number of hydrogen-bond acceptors (Lipinski definition) is 4. The van der Waals surface area contributed by atoms with Gasteiger partial charge in [0.1, 0.15) is 18.4 Å². The van der Waals surface area contributed by atoms with Crippen molar-refractivity contribution in [2.75, 3.05) is 17.1 Å². The maximum absolute atomic E-state index is 13.3. The van der Waals surface area contributed by atoms with Crippen molar-refractivity contribution in [2.45, 2.75) is 39.4 Å². The Hall–Kier alpha value is -2.46. The topological polar surface area (TPSA) is 86.8 Å². The van der Waals surface area contributed by atoms with Crippen molar-refractivity contribution in [2.24, 2.45) is 0 Å². The number of benzene rings is 2. The fourth-order valence-electron chi connectivity index (χ4n) is 3.00. The van der Waals surface area contributed by atoms with Gasteiger partial charge in [-0.25, -0.2) is 12.8 Å². The van der Waals surface area contributed by atoms with Gasteiger partial charge in [0.25, 0.3) is 0 Å². The van der Waals surface area contributed by atoms with Gasteiger partial charge in [0.05, 0.1) is 11.9 Å². The second-order valence-corrected chi connectivity index (χ2v) is 10.6. The quantitative estimate of drug-likeness (QED) is 0.542. The second-order valence-electron chi connectivity index (χ2n) is 7.73. The maximum atomic E-state index is 13.3. The van der Waals surface area contributed by atoms with E-state index in [9.17, 15) is 22.4 Å². The molecule has 174 valence electrons. The number of carbonyl (C=O) groups is 2. The number of amides is 2. The summed E-state index contributed by atoms with van der Waals surface area (Å²) in [6, 6.07) is 11.1. The standard InChI is InChI=1S/C22H27BrFN3O4S/c1-15(2)25-22(29)16(3)26(13-17-5-7-18(23)8-6-17)21(28)14-27(32(4,30)31)20-11-9-19(24)10-12-20/h5-12,15-16H,13-14H2,1-4H3,(H,25,29)/t16-/m0/s1. The maximum Gasteiger partial charge on any atom is 0.244 e. The number of rotatable bonds is 9. The highest BCUT2D eigenvalue weighted by Crippen LogP contribution is 2.20. The molecule has 2 aromatic rings. The Morgan fingerprint density at radius 1 is 1.03 bits per heavy atom. The molecule has 1 N–H and O–H groups in total. The van der Waals surface area contributed by atoms with Crippen LogP contribution in [0.15, 0.2) is 53.0 Å². The molecule has 0 radical (unpaired) electrons. The molecule has 2 aromatic carbocycles. The predicted molar refractivity (Wildman–Crippen MR) is 126 cm³/mol. The molecule has 1 atom stereocenters. The minimum Gasteiger partial charge on any atom is -0.352 e. The Kier molecular flexibility index (Phi) is 8.80. The Balaban J connectivity index is 2.36. The van der Waals surface area contributed by atoms with Crippen LogP contribution in [0.5, 0.6) is 0 Å². The zero-order valence-corrected chi connectivity index (χ0v) is 20.8. The SMILES string of the molecule is CC(C)NC(=O)[C@H](C)N(Cc1ccc(Br)cc1)C(=O)CN(c1ccc(F)cc1)S(C)(=O)=O. The first-order valence-corrected chi connectivity index (χ1v) is 12.6. The first kappa shape index (κ1) is 25.8. The van der Waals surface area contributed by atoms with Crippen LogP contribution >= 0.6 is 15.9 Å². The lowest BCUT2D eigenvalue weighted by atomic mass is 10.1. The van der Waals surface area contributed by atoms with Gasteiger partial charge in [0.15, 0.2) is 0 Å². The third kappa shape index (κ3) is 7.30. The number of nitrogens with one attached hydrogen (secondary N) is 1. The molecule has 2 rings (SSSR count). The van der Waals surface area contributed by atoms with Gasteiger partial charge in [-0.2, -0.15) is 0 Å². The summed E-state index contributed by atoms with van der Waals surface area (Å²) in [4.78, 5) is 27.3. The van der Waals surface area contributed by atoms with Gasteiger partial charge in [0, 0.05) is 17.1 Å². The van der Waals surface area contributed by atoms with Crippen molar-refractivity contribution in [1.82, 2.24) is 10.2 Å². The first-order valence-electron chi connectivity index (χ1n) is 9.96. The van der Waals surface area contributed by atoms with Crippen LogP contribution in [-0.4, -0.2) is 50.0 Å². The van der Waals surface area contributed by atoms with E-state index in [2.05, 4.69) is 21.2 Å². The minimum atomic E-state index is -3.85. The number of nitrogens with zero attached hydrogens (tertiary/aromatic N) is 2. The summed E-state index contributed by atoms with van der Waals surface area (Å²) in [6.07, 6.45) is 0.970. The highest BCUT2D eigenvalue weighted by Gasteiger charge is 2.30. The summed E-state index contributed by atoms with van der Waals surface area (Å²) < 4.78 is 39.9. The molecule has 0 aromatic heterocycles. The van der Waals surface area contributed by atoms with Crippen LogP contribution in [0.2, 0.25) is 0 Å². The smallest absolute Gasteiger partial charge is 0.244 e. The molecule has 32 heavy (non-hydrogen) atoms. The molecule has 0 bridgehead atoms. The Bertz CT molecular complexity index is 1040. The fraction of sp³-hybridized carbons (Fsp3) is 0.364. The summed E-state index contributed by atoms with van der Waals surface area (Å²) >= 11 is 3.36. The number of halogens is 2. The van der Waals surface area contributed by atoms with Crippen molar-refractivity contribution in [3.63, 3.8) is 0 Å². The minimum absolute atomic E-state index is 0.111. The third-order valence-electron chi connectivity index (χ3n) is 4.66. The molecule has 0 spiro atoms. The monoisotopic (exact) mass is 527 g/mol. The van der Waals surface area contributed by atoms with Gasteiger partial charge in [-0.1, -0.05) is 28.1 Å². The van der Waals surface area contributed by atoms with Gasteiger partial charge in [0.2, 0.25) is 21.8 Å². The number of sulfonamides is 1. The van der Waals surface area contributed by atoms with E-state index in [0.29, 0.717) is 0 Å². The molecule has 10 heteroatoms. The van der Waals surface area contributed by atoms with E-state index in [1.165, 1.54) is 17.0 Å². The average Bonchev–Trinajstić information content (AvgIpc) is 2.70. The van der Waals surface area contributed by atoms with Crippen LogP contribution in [0.1, 0.15) is 26.3 Å². The van der Waals surface area contributed by atoms with Crippen LogP contribution in [-0.2, 0) is 26.2 Å². The highest BCUT2D eigenvalue weighted by atomic mass is 79.9. The van der Waals surface area contributed by atoms with Crippen molar-refractivity contribution >= 4 is 43.5 Å². The summed E-state index contributed by atoms with van der Waals surface area (Å²) in [6.45, 7) is 4.80. The van der Waals surface area contributed by atoms with Crippen LogP contribution in [0.4, 0.5) is 10.1 Å². The largest absolute Gasteiger partial charge is 0.352 e. The molecular weight excluding hydrogens is 501 g/mol. The van der Waals surface area contributed by atoms with Gasteiger partial charge in [-0.05, 0) is 62.7 Å². The lowest BCUT2D eigenvalue weighted by Crippen LogP contribution is -2.52. The van der Waals surface area contributed by atoms with Crippen molar-refractivity contribution in [3.05, 3.63) is 64.4 Å². The van der Waals surface area contributed by atoms with Gasteiger partial charge in [-0.15, -0.1) is 0 Å². The lowest BCUT2D eigenvalue weighted by Gasteiger charge is -2.31. The zero-order chi connectivity index (χ0) is 24.1. The normalized spacial score (nSPS) is 12.3. The Morgan fingerprint density at radius 3 is 2.09 bits per heavy atom. The lowest BCUT2D eigenvalue weighted by molar-refractivity contribution is -0.139. The van der Waals surface area contributed by atoms with E-state index in [0.717, 1.165) is 32.7 Å². The van der Waals surface area contributed by atoms with Gasteiger partial charge < -0.3 is 10.2 Å². The van der Waals surface area contributed by atoms with E-state index in [1.807, 2.05) is 38.1 Å². The second kappa shape index (κ2) is 10.9. The molecular formula is C22H27BrFN3O4S. The molecule has 0 aliphatic heterocycles. The van der Waals surface area contributed by atoms with E-state index >= 15 is 0 Å². The number of carbonyl (C=O) groups excluding carboxylic acids is 2. The van der Waals surface area contributed by atoms with Crippen molar-refractivity contribution < 1.29 is 22.4 Å². The van der Waals surface area contributed by atoms with Crippen LogP contribution in [0, 0.1) is 5.82 Å². The zero-order valence-electron chi connectivity index (χ0n) is 18.4. The van der Waals surface area contributed by atoms with E-state index in [-0.39, 0.29) is 24.2 Å². The van der Waals surface area contributed by atoms with Crippen LogP contribution in [0.25, 0.3) is 0 Å². The molecule has 0 unspecified atom stereocenters. The molecule has 0 aliphatic carbocycles. The Labute approximate surface area is 196 Å². The average molecular weight is 528 g/mol.